The largest absolute Gasteiger partial charge is 0.489 e. The molecule has 2 rings (SSSR count). The van der Waals surface area contributed by atoms with Crippen molar-refractivity contribution in [1.82, 2.24) is 10.6 Å². The highest BCUT2D eigenvalue weighted by Crippen LogP contribution is 2.35. The highest BCUT2D eigenvalue weighted by Gasteiger charge is 2.21. The highest BCUT2D eigenvalue weighted by atomic mass is 35.5. The topological polar surface area (TPSA) is 50.4 Å². The van der Waals surface area contributed by atoms with Gasteiger partial charge in [-0.05, 0) is 31.5 Å². The van der Waals surface area contributed by atoms with Crippen molar-refractivity contribution in [2.75, 3.05) is 19.7 Å². The zero-order valence-corrected chi connectivity index (χ0v) is 13.0. The molecule has 1 amide bonds. The number of benzene rings is 1. The van der Waals surface area contributed by atoms with Gasteiger partial charge in [0.1, 0.15) is 6.61 Å². The van der Waals surface area contributed by atoms with Gasteiger partial charge in [-0.1, -0.05) is 34.8 Å². The van der Waals surface area contributed by atoms with Crippen molar-refractivity contribution >= 4 is 40.7 Å². The molecule has 0 saturated carbocycles. The van der Waals surface area contributed by atoms with Crippen LogP contribution in [0.5, 0.6) is 5.75 Å². The van der Waals surface area contributed by atoms with Gasteiger partial charge in [0.05, 0.1) is 22.6 Å². The van der Waals surface area contributed by atoms with E-state index in [-0.39, 0.29) is 11.9 Å². The molecule has 0 spiro atoms. The van der Waals surface area contributed by atoms with Crippen LogP contribution in [0.15, 0.2) is 12.1 Å². The van der Waals surface area contributed by atoms with E-state index in [1.807, 2.05) is 0 Å². The van der Waals surface area contributed by atoms with Crippen molar-refractivity contribution in [3.63, 3.8) is 0 Å². The minimum Gasteiger partial charge on any atom is -0.489 e. The summed E-state index contributed by atoms with van der Waals surface area (Å²) in [5, 5.41) is 7.09. The van der Waals surface area contributed by atoms with E-state index >= 15 is 0 Å². The average molecular weight is 338 g/mol. The van der Waals surface area contributed by atoms with Gasteiger partial charge in [0.15, 0.2) is 5.75 Å². The highest BCUT2D eigenvalue weighted by molar-refractivity contribution is 6.40. The van der Waals surface area contributed by atoms with E-state index < -0.39 is 0 Å². The molecule has 4 nitrogen and oxygen atoms in total. The first-order valence-corrected chi connectivity index (χ1v) is 7.50. The van der Waals surface area contributed by atoms with Gasteiger partial charge < -0.3 is 15.4 Å². The summed E-state index contributed by atoms with van der Waals surface area (Å²) >= 11 is 17.8. The number of hydrogen-bond donors (Lipinski definition) is 2. The van der Waals surface area contributed by atoms with Gasteiger partial charge in [0.25, 0.3) is 0 Å². The van der Waals surface area contributed by atoms with E-state index in [1.54, 1.807) is 12.1 Å². The van der Waals surface area contributed by atoms with Gasteiger partial charge in [0.2, 0.25) is 5.91 Å². The summed E-state index contributed by atoms with van der Waals surface area (Å²) in [7, 11) is 0. The van der Waals surface area contributed by atoms with Gasteiger partial charge in [0, 0.05) is 5.02 Å². The van der Waals surface area contributed by atoms with Gasteiger partial charge in [-0.3, -0.25) is 4.79 Å². The molecule has 20 heavy (non-hydrogen) atoms. The molecule has 1 aliphatic rings. The smallest absolute Gasteiger partial charge is 0.237 e. The average Bonchev–Trinajstić information content (AvgIpc) is 2.90. The molecule has 0 bridgehead atoms. The van der Waals surface area contributed by atoms with Gasteiger partial charge in [-0.15, -0.1) is 0 Å². The van der Waals surface area contributed by atoms with E-state index in [1.165, 1.54) is 0 Å². The predicted molar refractivity (Wildman–Crippen MR) is 81.0 cm³/mol. The molecule has 1 fully saturated rings. The molecule has 0 aliphatic carbocycles. The number of hydrogen-bond acceptors (Lipinski definition) is 3. The Bertz CT molecular complexity index is 467. The van der Waals surface area contributed by atoms with Crippen LogP contribution in [0.3, 0.4) is 0 Å². The SMILES string of the molecule is O=C(NCCOc1c(Cl)cc(Cl)cc1Cl)C1CCCN1. The second-order valence-electron chi connectivity index (χ2n) is 4.49. The van der Waals surface area contributed by atoms with Crippen molar-refractivity contribution in [2.45, 2.75) is 18.9 Å². The molecule has 1 aromatic carbocycles. The maximum absolute atomic E-state index is 11.7. The lowest BCUT2D eigenvalue weighted by atomic mass is 10.2. The maximum atomic E-state index is 11.7. The zero-order chi connectivity index (χ0) is 14.5. The monoisotopic (exact) mass is 336 g/mol. The van der Waals surface area contributed by atoms with Crippen molar-refractivity contribution in [3.8, 4) is 5.75 Å². The zero-order valence-electron chi connectivity index (χ0n) is 10.7. The van der Waals surface area contributed by atoms with Crippen LogP contribution in [0.25, 0.3) is 0 Å². The summed E-state index contributed by atoms with van der Waals surface area (Å²) in [6, 6.07) is 3.04. The van der Waals surface area contributed by atoms with Gasteiger partial charge in [-0.25, -0.2) is 0 Å². The minimum atomic E-state index is -0.0855. The first kappa shape index (κ1) is 15.7. The Labute approximate surface area is 132 Å². The maximum Gasteiger partial charge on any atom is 0.237 e. The normalized spacial score (nSPS) is 18.1. The quantitative estimate of drug-likeness (QED) is 0.812. The molecule has 1 unspecified atom stereocenters. The summed E-state index contributed by atoms with van der Waals surface area (Å²) in [5.74, 6) is 0.380. The van der Waals surface area contributed by atoms with Crippen LogP contribution in [0.2, 0.25) is 15.1 Å². The molecule has 1 saturated heterocycles. The van der Waals surface area contributed by atoms with E-state index in [2.05, 4.69) is 10.6 Å². The Morgan fingerprint density at radius 1 is 1.35 bits per heavy atom. The van der Waals surface area contributed by atoms with Crippen molar-refractivity contribution < 1.29 is 9.53 Å². The molecule has 7 heteroatoms. The number of amides is 1. The number of carbonyl (C=O) groups is 1. The Morgan fingerprint density at radius 3 is 2.65 bits per heavy atom. The fourth-order valence-corrected chi connectivity index (χ4v) is 2.95. The Balaban J connectivity index is 1.77. The fraction of sp³-hybridized carbons (Fsp3) is 0.462. The first-order valence-electron chi connectivity index (χ1n) is 6.36. The van der Waals surface area contributed by atoms with Crippen LogP contribution in [-0.2, 0) is 4.79 Å². The first-order chi connectivity index (χ1) is 9.58. The second kappa shape index (κ2) is 7.36. The van der Waals surface area contributed by atoms with Crippen LogP contribution in [0, 0.1) is 0 Å². The van der Waals surface area contributed by atoms with Crippen molar-refractivity contribution in [2.24, 2.45) is 0 Å². The molecule has 1 aromatic rings. The minimum absolute atomic E-state index is 0.000556. The standard InChI is InChI=1S/C13H15Cl3N2O2/c14-8-6-9(15)12(10(16)7-8)20-5-4-18-13(19)11-2-1-3-17-11/h6-7,11,17H,1-5H2,(H,18,19). The molecule has 110 valence electrons. The molecular weight excluding hydrogens is 323 g/mol. The molecular formula is C13H15Cl3N2O2. The number of carbonyl (C=O) groups excluding carboxylic acids is 1. The third-order valence-electron chi connectivity index (χ3n) is 2.99. The summed E-state index contributed by atoms with van der Waals surface area (Å²) in [6.45, 7) is 1.58. The lowest BCUT2D eigenvalue weighted by Crippen LogP contribution is -2.41. The van der Waals surface area contributed by atoms with Crippen molar-refractivity contribution in [3.05, 3.63) is 27.2 Å². The third kappa shape index (κ3) is 4.16. The molecule has 0 aromatic heterocycles. The van der Waals surface area contributed by atoms with E-state index in [0.717, 1.165) is 19.4 Å². The second-order valence-corrected chi connectivity index (χ2v) is 5.74. The summed E-state index contributed by atoms with van der Waals surface area (Å²) in [4.78, 5) is 11.7. The Kier molecular flexibility index (Phi) is 5.78. The Hall–Kier alpha value is -0.680. The van der Waals surface area contributed by atoms with E-state index in [9.17, 15) is 4.79 Å². The number of rotatable bonds is 5. The van der Waals surface area contributed by atoms with Crippen molar-refractivity contribution in [1.29, 1.82) is 0 Å². The molecule has 1 heterocycles. The number of nitrogens with one attached hydrogen (secondary N) is 2. The lowest BCUT2D eigenvalue weighted by molar-refractivity contribution is -0.122. The van der Waals surface area contributed by atoms with Crippen LogP contribution in [0.4, 0.5) is 0 Å². The summed E-state index contributed by atoms with van der Waals surface area (Å²) < 4.78 is 5.48. The molecule has 1 aliphatic heterocycles. The summed E-state index contributed by atoms with van der Waals surface area (Å²) in [5.41, 5.74) is 0. The fourth-order valence-electron chi connectivity index (χ4n) is 2.03. The van der Waals surface area contributed by atoms with E-state index in [4.69, 9.17) is 39.5 Å². The lowest BCUT2D eigenvalue weighted by Gasteiger charge is -2.13. The number of halogens is 3. The molecule has 0 radical (unpaired) electrons. The Morgan fingerprint density at radius 2 is 2.05 bits per heavy atom. The van der Waals surface area contributed by atoms with Crippen LogP contribution < -0.4 is 15.4 Å². The summed E-state index contributed by atoms with van der Waals surface area (Å²) in [6.07, 6.45) is 1.91. The predicted octanol–water partition coefficient (Wildman–Crippen LogP) is 2.89. The third-order valence-corrected chi connectivity index (χ3v) is 3.77. The molecule has 1 atom stereocenters. The van der Waals surface area contributed by atoms with E-state index in [0.29, 0.717) is 34.0 Å². The van der Waals surface area contributed by atoms with Gasteiger partial charge >= 0.3 is 0 Å². The van der Waals surface area contributed by atoms with Gasteiger partial charge in [-0.2, -0.15) is 0 Å². The van der Waals surface area contributed by atoms with Crippen LogP contribution in [0.1, 0.15) is 12.8 Å². The van der Waals surface area contributed by atoms with Crippen LogP contribution >= 0.6 is 34.8 Å². The number of ether oxygens (including phenoxy) is 1. The molecule has 2 N–H and O–H groups in total. The van der Waals surface area contributed by atoms with Crippen LogP contribution in [-0.4, -0.2) is 31.6 Å².